The molecule has 0 bridgehead atoms. The lowest BCUT2D eigenvalue weighted by Gasteiger charge is -2.32. The number of hydrogen-bond donors (Lipinski definition) is 0. The first kappa shape index (κ1) is 18.5. The van der Waals surface area contributed by atoms with E-state index in [1.807, 2.05) is 16.8 Å². The summed E-state index contributed by atoms with van der Waals surface area (Å²) in [5.41, 5.74) is 1.63. The number of piperidine rings is 1. The Morgan fingerprint density at radius 2 is 1.93 bits per heavy atom. The van der Waals surface area contributed by atoms with Crippen LogP contribution < -0.4 is 4.74 Å². The Morgan fingerprint density at radius 3 is 2.56 bits per heavy atom. The third-order valence-corrected chi connectivity index (χ3v) is 5.75. The van der Waals surface area contributed by atoms with Crippen LogP contribution >= 0.6 is 15.9 Å². The Balaban J connectivity index is 1.42. The van der Waals surface area contributed by atoms with Gasteiger partial charge in [0.25, 0.3) is 0 Å². The molecule has 1 amide bonds. The molecule has 0 radical (unpaired) electrons. The molecule has 6 nitrogen and oxygen atoms in total. The summed E-state index contributed by atoms with van der Waals surface area (Å²) in [4.78, 5) is 12.1. The van der Waals surface area contributed by atoms with Gasteiger partial charge in [0, 0.05) is 32.5 Å². The van der Waals surface area contributed by atoms with Gasteiger partial charge in [-0.2, -0.15) is 13.2 Å². The molecule has 0 spiro atoms. The van der Waals surface area contributed by atoms with Crippen LogP contribution in [0.15, 0.2) is 16.6 Å². The quantitative estimate of drug-likeness (QED) is 0.720. The van der Waals surface area contributed by atoms with Crippen molar-refractivity contribution in [2.45, 2.75) is 44.5 Å². The number of alkyl halides is 3. The number of halogens is 4. The highest BCUT2D eigenvalue weighted by molar-refractivity contribution is 9.10. The summed E-state index contributed by atoms with van der Waals surface area (Å²) < 4.78 is 46.1. The minimum atomic E-state index is -4.83. The summed E-state index contributed by atoms with van der Waals surface area (Å²) >= 11 is 3.51. The maximum atomic E-state index is 12.5. The molecule has 10 heteroatoms. The number of amides is 1. The Morgan fingerprint density at radius 1 is 1.22 bits per heavy atom. The summed E-state index contributed by atoms with van der Waals surface area (Å²) in [6.45, 7) is 0.912. The van der Waals surface area contributed by atoms with Crippen molar-refractivity contribution in [1.82, 2.24) is 19.9 Å². The van der Waals surface area contributed by atoms with Gasteiger partial charge in [-0.25, -0.2) is 4.68 Å². The van der Waals surface area contributed by atoms with Crippen molar-refractivity contribution in [3.8, 4) is 5.75 Å². The molecular weight excluding hydrogens is 429 g/mol. The molecule has 1 aliphatic heterocycles. The van der Waals surface area contributed by atoms with E-state index in [1.54, 1.807) is 0 Å². The number of likely N-dealkylation sites (tertiary alicyclic amines) is 1. The summed E-state index contributed by atoms with van der Waals surface area (Å²) in [5, 5.41) is 8.43. The van der Waals surface area contributed by atoms with Gasteiger partial charge >= 0.3 is 12.1 Å². The van der Waals surface area contributed by atoms with Gasteiger partial charge in [0.05, 0.1) is 9.99 Å². The van der Waals surface area contributed by atoms with Crippen LogP contribution in [0.3, 0.4) is 0 Å². The number of benzene rings is 1. The van der Waals surface area contributed by atoms with E-state index in [4.69, 9.17) is 4.74 Å². The zero-order valence-electron chi connectivity index (χ0n) is 14.4. The second kappa shape index (κ2) is 6.96. The van der Waals surface area contributed by atoms with E-state index in [0.717, 1.165) is 17.0 Å². The fourth-order valence-corrected chi connectivity index (χ4v) is 3.80. The number of fused-ring (bicyclic) bond motifs is 1. The van der Waals surface area contributed by atoms with Crippen molar-refractivity contribution in [2.24, 2.45) is 5.92 Å². The molecule has 1 aliphatic carbocycles. The molecule has 1 aromatic heterocycles. The minimum absolute atomic E-state index is 0.0282. The molecule has 0 atom stereocenters. The molecule has 2 aliphatic rings. The number of nitrogens with zero attached hydrogens (tertiary/aromatic N) is 4. The second-order valence-electron chi connectivity index (χ2n) is 7.07. The van der Waals surface area contributed by atoms with Crippen molar-refractivity contribution >= 4 is 32.9 Å². The predicted molar refractivity (Wildman–Crippen MR) is 94.2 cm³/mol. The Hall–Kier alpha value is -1.84. The Kier molecular flexibility index (Phi) is 4.77. The monoisotopic (exact) mass is 446 g/mol. The van der Waals surface area contributed by atoms with Crippen LogP contribution in [-0.2, 0) is 11.3 Å². The Labute approximate surface area is 161 Å². The van der Waals surface area contributed by atoms with Gasteiger partial charge < -0.3 is 9.64 Å². The average molecular weight is 447 g/mol. The van der Waals surface area contributed by atoms with Crippen molar-refractivity contribution in [3.05, 3.63) is 16.6 Å². The average Bonchev–Trinajstić information content (AvgIpc) is 3.35. The molecule has 1 aromatic carbocycles. The van der Waals surface area contributed by atoms with Crippen molar-refractivity contribution in [3.63, 3.8) is 0 Å². The normalized spacial score (nSPS) is 18.9. The van der Waals surface area contributed by atoms with Crippen LogP contribution in [0.4, 0.5) is 13.2 Å². The van der Waals surface area contributed by atoms with Crippen LogP contribution in [0.5, 0.6) is 5.75 Å². The van der Waals surface area contributed by atoms with Gasteiger partial charge in [-0.15, -0.1) is 5.10 Å². The van der Waals surface area contributed by atoms with Crippen molar-refractivity contribution in [1.29, 1.82) is 0 Å². The van der Waals surface area contributed by atoms with E-state index in [-0.39, 0.29) is 19.2 Å². The van der Waals surface area contributed by atoms with E-state index in [1.165, 1.54) is 12.8 Å². The molecule has 2 heterocycles. The SMILES string of the molecule is O=C(N1CCC(Oc2ccc3c(nnn3CC3CC3)c2Br)CC1)C(F)(F)F. The topological polar surface area (TPSA) is 60.3 Å². The molecule has 0 unspecified atom stereocenters. The molecule has 0 N–H and O–H groups in total. The summed E-state index contributed by atoms with van der Waals surface area (Å²) in [6.07, 6.45) is -1.94. The highest BCUT2D eigenvalue weighted by Crippen LogP contribution is 2.36. The maximum absolute atomic E-state index is 12.5. The number of ether oxygens (including phenoxy) is 1. The van der Waals surface area contributed by atoms with Gasteiger partial charge in [-0.3, -0.25) is 4.79 Å². The second-order valence-corrected chi connectivity index (χ2v) is 7.86. The molecule has 146 valence electrons. The first-order chi connectivity index (χ1) is 12.8. The van der Waals surface area contributed by atoms with E-state index in [0.29, 0.717) is 34.5 Å². The molecular formula is C17H18BrF3N4O2. The highest BCUT2D eigenvalue weighted by atomic mass is 79.9. The minimum Gasteiger partial charge on any atom is -0.489 e. The zero-order valence-corrected chi connectivity index (χ0v) is 16.0. The van der Waals surface area contributed by atoms with Gasteiger partial charge in [-0.1, -0.05) is 5.21 Å². The van der Waals surface area contributed by atoms with Gasteiger partial charge in [0.2, 0.25) is 0 Å². The largest absolute Gasteiger partial charge is 0.489 e. The first-order valence-corrected chi connectivity index (χ1v) is 9.66. The third-order valence-electron chi connectivity index (χ3n) is 4.98. The van der Waals surface area contributed by atoms with Crippen LogP contribution in [0, 0.1) is 5.92 Å². The number of aromatic nitrogens is 3. The van der Waals surface area contributed by atoms with Crippen LogP contribution in [-0.4, -0.2) is 51.2 Å². The van der Waals surface area contributed by atoms with E-state index in [2.05, 4.69) is 26.2 Å². The number of carbonyl (C=O) groups is 1. The first-order valence-electron chi connectivity index (χ1n) is 8.87. The fraction of sp³-hybridized carbons (Fsp3) is 0.588. The Bertz CT molecular complexity index is 858. The maximum Gasteiger partial charge on any atom is 0.471 e. The van der Waals surface area contributed by atoms with Gasteiger partial charge in [0.1, 0.15) is 17.4 Å². The number of carbonyl (C=O) groups excluding carboxylic acids is 1. The third kappa shape index (κ3) is 3.90. The zero-order chi connectivity index (χ0) is 19.2. The van der Waals surface area contributed by atoms with E-state index < -0.39 is 12.1 Å². The smallest absolute Gasteiger partial charge is 0.471 e. The van der Waals surface area contributed by atoms with Gasteiger partial charge in [0.15, 0.2) is 0 Å². The van der Waals surface area contributed by atoms with Gasteiger partial charge in [-0.05, 0) is 46.8 Å². The molecule has 27 heavy (non-hydrogen) atoms. The lowest BCUT2D eigenvalue weighted by atomic mass is 10.1. The number of rotatable bonds is 4. The lowest BCUT2D eigenvalue weighted by molar-refractivity contribution is -0.187. The van der Waals surface area contributed by atoms with Crippen LogP contribution in [0.1, 0.15) is 25.7 Å². The summed E-state index contributed by atoms with van der Waals surface area (Å²) in [7, 11) is 0. The molecule has 2 fully saturated rings. The fourth-order valence-electron chi connectivity index (χ4n) is 3.29. The highest BCUT2D eigenvalue weighted by Gasteiger charge is 2.43. The van der Waals surface area contributed by atoms with Crippen molar-refractivity contribution < 1.29 is 22.7 Å². The molecule has 1 saturated carbocycles. The van der Waals surface area contributed by atoms with E-state index in [9.17, 15) is 18.0 Å². The standard InChI is InChI=1S/C17H18BrF3N4O2/c18-14-13(4-3-12-15(14)22-23-25(12)9-10-1-2-10)27-11-5-7-24(8-6-11)16(26)17(19,20)21/h3-4,10-11H,1-2,5-9H2. The van der Waals surface area contributed by atoms with Crippen LogP contribution in [0.2, 0.25) is 0 Å². The van der Waals surface area contributed by atoms with Crippen LogP contribution in [0.25, 0.3) is 11.0 Å². The number of hydrogen-bond acceptors (Lipinski definition) is 4. The predicted octanol–water partition coefficient (Wildman–Crippen LogP) is 3.54. The molecule has 4 rings (SSSR count). The molecule has 2 aromatic rings. The summed E-state index contributed by atoms with van der Waals surface area (Å²) in [5.74, 6) is -0.522. The van der Waals surface area contributed by atoms with Crippen molar-refractivity contribution in [2.75, 3.05) is 13.1 Å². The lowest BCUT2D eigenvalue weighted by Crippen LogP contribution is -2.47. The van der Waals surface area contributed by atoms with E-state index >= 15 is 0 Å². The molecule has 1 saturated heterocycles. The summed E-state index contributed by atoms with van der Waals surface area (Å²) in [6, 6.07) is 3.73.